The van der Waals surface area contributed by atoms with Crippen molar-refractivity contribution in [3.63, 3.8) is 0 Å². The van der Waals surface area contributed by atoms with Gasteiger partial charge >= 0.3 is 0 Å². The van der Waals surface area contributed by atoms with Gasteiger partial charge in [0, 0.05) is 11.4 Å². The highest BCUT2D eigenvalue weighted by Crippen LogP contribution is 2.42. The van der Waals surface area contributed by atoms with E-state index in [2.05, 4.69) is 16.8 Å². The Morgan fingerprint density at radius 3 is 2.24 bits per heavy atom. The maximum Gasteiger partial charge on any atom is 0.142 e. The molecule has 5 rings (SSSR count). The van der Waals surface area contributed by atoms with Crippen LogP contribution in [0.2, 0.25) is 5.02 Å². The number of fused-ring (bicyclic) bond motifs is 1. The van der Waals surface area contributed by atoms with E-state index in [-0.39, 0.29) is 5.92 Å². The molecule has 2 fully saturated rings. The quantitative estimate of drug-likeness (QED) is 0.404. The van der Waals surface area contributed by atoms with Gasteiger partial charge < -0.3 is 0 Å². The Balaban J connectivity index is 1.58. The van der Waals surface area contributed by atoms with E-state index >= 15 is 0 Å². The molecule has 1 aromatic heterocycles. The largest absolute Gasteiger partial charge is 0.299 e. The molecule has 0 amide bonds. The predicted molar refractivity (Wildman–Crippen MR) is 135 cm³/mol. The second kappa shape index (κ2) is 10.8. The number of carbonyl (C=O) groups is 1. The highest BCUT2D eigenvalue weighted by molar-refractivity contribution is 6.30. The number of aryl methyl sites for hydroxylation is 1. The molecule has 0 bridgehead atoms. The molecule has 4 heteroatoms. The fourth-order valence-electron chi connectivity index (χ4n) is 6.76. The first-order valence-electron chi connectivity index (χ1n) is 13.6. The number of rotatable bonds is 6. The van der Waals surface area contributed by atoms with E-state index in [0.29, 0.717) is 17.6 Å². The Labute approximate surface area is 204 Å². The van der Waals surface area contributed by atoms with Crippen molar-refractivity contribution in [2.24, 2.45) is 11.8 Å². The molecule has 1 atom stereocenters. The lowest BCUT2D eigenvalue weighted by Crippen LogP contribution is -2.29. The van der Waals surface area contributed by atoms with Crippen molar-refractivity contribution in [2.45, 2.75) is 109 Å². The van der Waals surface area contributed by atoms with Crippen molar-refractivity contribution in [1.82, 2.24) is 9.78 Å². The van der Waals surface area contributed by atoms with Gasteiger partial charge in [-0.2, -0.15) is 5.10 Å². The lowest BCUT2D eigenvalue weighted by molar-refractivity contribution is -0.123. The summed E-state index contributed by atoms with van der Waals surface area (Å²) < 4.78 is 2.16. The maximum absolute atomic E-state index is 14.2. The Bertz CT molecular complexity index is 935. The van der Waals surface area contributed by atoms with E-state index in [1.54, 1.807) is 0 Å². The van der Waals surface area contributed by atoms with Crippen LogP contribution in [0.25, 0.3) is 5.69 Å². The van der Waals surface area contributed by atoms with E-state index in [4.69, 9.17) is 16.7 Å². The zero-order valence-electron chi connectivity index (χ0n) is 20.0. The zero-order chi connectivity index (χ0) is 22.6. The van der Waals surface area contributed by atoms with Gasteiger partial charge in [0.15, 0.2) is 0 Å². The lowest BCUT2D eigenvalue weighted by Gasteiger charge is -2.32. The molecule has 2 saturated carbocycles. The van der Waals surface area contributed by atoms with Crippen molar-refractivity contribution in [3.8, 4) is 5.69 Å². The van der Waals surface area contributed by atoms with Crippen LogP contribution in [0.15, 0.2) is 24.3 Å². The van der Waals surface area contributed by atoms with Gasteiger partial charge in [0.2, 0.25) is 0 Å². The Kier molecular flexibility index (Phi) is 7.55. The summed E-state index contributed by atoms with van der Waals surface area (Å²) >= 11 is 6.22. The number of carbonyl (C=O) groups excluding carboxylic acids is 1. The molecule has 2 aromatic rings. The molecular weight excluding hydrogens is 428 g/mol. The summed E-state index contributed by atoms with van der Waals surface area (Å²) in [5, 5.41) is 5.92. The molecule has 0 N–H and O–H groups in total. The van der Waals surface area contributed by atoms with Gasteiger partial charge in [0.1, 0.15) is 5.78 Å². The van der Waals surface area contributed by atoms with Crippen molar-refractivity contribution in [1.29, 1.82) is 0 Å². The maximum atomic E-state index is 14.2. The molecule has 0 saturated heterocycles. The third-order valence-electron chi connectivity index (χ3n) is 8.50. The normalized spacial score (nSPS) is 21.4. The Morgan fingerprint density at radius 2 is 1.52 bits per heavy atom. The minimum Gasteiger partial charge on any atom is -0.299 e. The topological polar surface area (TPSA) is 34.9 Å². The Morgan fingerprint density at radius 1 is 0.879 bits per heavy atom. The number of aromatic nitrogens is 2. The summed E-state index contributed by atoms with van der Waals surface area (Å²) in [7, 11) is 0. The van der Waals surface area contributed by atoms with Crippen LogP contribution in [0.3, 0.4) is 0 Å². The molecule has 178 valence electrons. The van der Waals surface area contributed by atoms with Crippen LogP contribution in [0, 0.1) is 11.8 Å². The van der Waals surface area contributed by atoms with E-state index in [1.165, 1.54) is 100 Å². The zero-order valence-corrected chi connectivity index (χ0v) is 20.8. The number of hydrogen-bond acceptors (Lipinski definition) is 2. The predicted octanol–water partition coefficient (Wildman–Crippen LogP) is 8.00. The van der Waals surface area contributed by atoms with Gasteiger partial charge in [-0.15, -0.1) is 0 Å². The molecule has 33 heavy (non-hydrogen) atoms. The molecule has 3 nitrogen and oxygen atoms in total. The molecule has 1 heterocycles. The van der Waals surface area contributed by atoms with E-state index in [9.17, 15) is 4.79 Å². The average molecular weight is 467 g/mol. The summed E-state index contributed by atoms with van der Waals surface area (Å²) in [6.45, 7) is 0. The van der Waals surface area contributed by atoms with Crippen LogP contribution in [0.4, 0.5) is 0 Å². The van der Waals surface area contributed by atoms with Crippen molar-refractivity contribution >= 4 is 17.4 Å². The van der Waals surface area contributed by atoms with E-state index in [1.807, 2.05) is 12.1 Å². The molecule has 3 aliphatic rings. The first-order chi connectivity index (χ1) is 16.2. The average Bonchev–Trinajstić information content (AvgIpc) is 3.02. The molecule has 3 aliphatic carbocycles. The molecule has 1 unspecified atom stereocenters. The fourth-order valence-corrected chi connectivity index (χ4v) is 6.89. The number of ketones is 1. The van der Waals surface area contributed by atoms with Crippen LogP contribution in [0.5, 0.6) is 0 Å². The van der Waals surface area contributed by atoms with Gasteiger partial charge in [0.25, 0.3) is 0 Å². The number of benzene rings is 1. The highest BCUT2D eigenvalue weighted by atomic mass is 35.5. The van der Waals surface area contributed by atoms with E-state index in [0.717, 1.165) is 30.0 Å². The van der Waals surface area contributed by atoms with Gasteiger partial charge in [-0.3, -0.25) is 4.79 Å². The number of halogens is 1. The smallest absolute Gasteiger partial charge is 0.142 e. The van der Waals surface area contributed by atoms with Crippen molar-refractivity contribution in [2.75, 3.05) is 0 Å². The van der Waals surface area contributed by atoms with Gasteiger partial charge in [0.05, 0.1) is 23.0 Å². The lowest BCUT2D eigenvalue weighted by atomic mass is 9.72. The first-order valence-corrected chi connectivity index (χ1v) is 14.0. The summed E-state index contributed by atoms with van der Waals surface area (Å²) in [5.74, 6) is 1.54. The van der Waals surface area contributed by atoms with Crippen LogP contribution >= 0.6 is 11.6 Å². The van der Waals surface area contributed by atoms with Gasteiger partial charge in [-0.05, 0) is 80.2 Å². The van der Waals surface area contributed by atoms with Crippen LogP contribution in [-0.4, -0.2) is 15.6 Å². The van der Waals surface area contributed by atoms with Crippen molar-refractivity contribution < 1.29 is 4.79 Å². The number of hydrogen-bond donors (Lipinski definition) is 0. The summed E-state index contributed by atoms with van der Waals surface area (Å²) in [4.78, 5) is 14.2. The number of nitrogens with zero attached hydrogens (tertiary/aromatic N) is 2. The van der Waals surface area contributed by atoms with Crippen molar-refractivity contribution in [3.05, 3.63) is 46.2 Å². The summed E-state index contributed by atoms with van der Waals surface area (Å²) in [6.07, 6.45) is 19.1. The van der Waals surface area contributed by atoms with E-state index < -0.39 is 0 Å². The second-order valence-corrected chi connectivity index (χ2v) is 11.2. The second-order valence-electron chi connectivity index (χ2n) is 10.8. The minimum absolute atomic E-state index is 0.00254. The highest BCUT2D eigenvalue weighted by Gasteiger charge is 2.37. The third-order valence-corrected chi connectivity index (χ3v) is 8.75. The molecule has 1 aromatic carbocycles. The molecule has 0 radical (unpaired) electrons. The van der Waals surface area contributed by atoms with Crippen LogP contribution < -0.4 is 0 Å². The Hall–Kier alpha value is -1.61. The monoisotopic (exact) mass is 466 g/mol. The molecular formula is C29H39ClN2O. The van der Waals surface area contributed by atoms with Gasteiger partial charge in [-0.25, -0.2) is 4.68 Å². The minimum atomic E-state index is -0.00254. The first kappa shape index (κ1) is 23.1. The summed E-state index contributed by atoms with van der Waals surface area (Å²) in [5.41, 5.74) is 4.93. The fraction of sp³-hybridized carbons (Fsp3) is 0.655. The molecule has 0 aliphatic heterocycles. The number of Topliss-reactive ketones (excluding diaryl/α,β-unsaturated/α-hetero) is 1. The van der Waals surface area contributed by atoms with Crippen LogP contribution in [-0.2, 0) is 17.6 Å². The summed E-state index contributed by atoms with van der Waals surface area (Å²) in [6, 6.07) is 8.05. The van der Waals surface area contributed by atoms with Gasteiger partial charge in [-0.1, -0.05) is 69.4 Å². The standard InChI is InChI=1S/C29H39ClN2O/c30-23-16-18-24(19-17-23)32-29(25-14-8-3-9-15-26(25)31-32)28(22-12-6-2-7-13-22)27(33)20-21-10-4-1-5-11-21/h16-19,21-22,28H,1-15,20H2. The van der Waals surface area contributed by atoms with Crippen LogP contribution in [0.1, 0.15) is 113 Å². The third kappa shape index (κ3) is 5.24. The SMILES string of the molecule is O=C(CC1CCCCC1)C(c1c2c(nn1-c1ccc(Cl)cc1)CCCCC2)C1CCCCC1. The molecule has 0 spiro atoms.